The van der Waals surface area contributed by atoms with Crippen LogP contribution in [0, 0.1) is 0 Å². The summed E-state index contributed by atoms with van der Waals surface area (Å²) in [5.74, 6) is -1.38. The normalized spacial score (nSPS) is 10.1. The molecule has 0 unspecified atom stereocenters. The Labute approximate surface area is 85.7 Å². The fourth-order valence-corrected chi connectivity index (χ4v) is 1.69. The standard InChI is InChI=1S/C9H11NO3S/c1-2-5-14-7-4-3-6(10-7)8(11)9(12)13/h3-4,10H,2,5H2,1H3,(H,12,13). The Bertz CT molecular complexity index is 346. The van der Waals surface area contributed by atoms with Crippen molar-refractivity contribution in [3.63, 3.8) is 0 Å². The maximum atomic E-state index is 11.0. The number of Topliss-reactive ketones (excluding diaryl/α,β-unsaturated/α-hetero) is 1. The zero-order chi connectivity index (χ0) is 10.6. The highest BCUT2D eigenvalue weighted by atomic mass is 32.2. The van der Waals surface area contributed by atoms with Crippen LogP contribution in [-0.2, 0) is 4.79 Å². The van der Waals surface area contributed by atoms with Crippen molar-refractivity contribution in [1.82, 2.24) is 4.98 Å². The molecule has 76 valence electrons. The highest BCUT2D eigenvalue weighted by molar-refractivity contribution is 7.99. The van der Waals surface area contributed by atoms with E-state index in [9.17, 15) is 9.59 Å². The molecule has 0 aliphatic heterocycles. The van der Waals surface area contributed by atoms with Crippen molar-refractivity contribution < 1.29 is 14.7 Å². The molecular weight excluding hydrogens is 202 g/mol. The molecule has 0 amide bonds. The average Bonchev–Trinajstić information content (AvgIpc) is 2.61. The van der Waals surface area contributed by atoms with E-state index in [1.807, 2.05) is 0 Å². The van der Waals surface area contributed by atoms with Gasteiger partial charge in [0.1, 0.15) is 0 Å². The third-order valence-corrected chi connectivity index (χ3v) is 2.72. The molecule has 1 aromatic heterocycles. The lowest BCUT2D eigenvalue weighted by Gasteiger charge is -1.94. The molecule has 5 heteroatoms. The molecule has 1 rings (SSSR count). The molecule has 0 aromatic carbocycles. The summed E-state index contributed by atoms with van der Waals surface area (Å²) in [7, 11) is 0. The molecule has 0 bridgehead atoms. The van der Waals surface area contributed by atoms with Crippen LogP contribution in [-0.4, -0.2) is 27.6 Å². The van der Waals surface area contributed by atoms with E-state index >= 15 is 0 Å². The van der Waals surface area contributed by atoms with Crippen LogP contribution >= 0.6 is 11.8 Å². The summed E-state index contributed by atoms with van der Waals surface area (Å²) < 4.78 is 0. The number of carbonyl (C=O) groups excluding carboxylic acids is 1. The van der Waals surface area contributed by atoms with E-state index in [1.54, 1.807) is 17.8 Å². The Morgan fingerprint density at radius 1 is 1.50 bits per heavy atom. The lowest BCUT2D eigenvalue weighted by molar-refractivity contribution is -0.131. The van der Waals surface area contributed by atoms with E-state index in [-0.39, 0.29) is 5.69 Å². The van der Waals surface area contributed by atoms with Crippen molar-refractivity contribution in [3.8, 4) is 0 Å². The lowest BCUT2D eigenvalue weighted by Crippen LogP contribution is -2.12. The summed E-state index contributed by atoms with van der Waals surface area (Å²) in [6.07, 6.45) is 1.03. The molecule has 0 saturated heterocycles. The first-order valence-corrected chi connectivity index (χ1v) is 5.23. The predicted octanol–water partition coefficient (Wildman–Crippen LogP) is 1.78. The van der Waals surface area contributed by atoms with Gasteiger partial charge in [0.05, 0.1) is 10.7 Å². The largest absolute Gasteiger partial charge is 0.475 e. The highest BCUT2D eigenvalue weighted by Gasteiger charge is 2.15. The second-order valence-corrected chi connectivity index (χ2v) is 3.86. The molecule has 1 heterocycles. The molecule has 0 aliphatic carbocycles. The number of thioether (sulfide) groups is 1. The molecule has 14 heavy (non-hydrogen) atoms. The van der Waals surface area contributed by atoms with Gasteiger partial charge in [0.25, 0.3) is 5.78 Å². The van der Waals surface area contributed by atoms with Crippen molar-refractivity contribution in [2.24, 2.45) is 0 Å². The van der Waals surface area contributed by atoms with Gasteiger partial charge in [-0.15, -0.1) is 11.8 Å². The van der Waals surface area contributed by atoms with Crippen molar-refractivity contribution in [2.75, 3.05) is 5.75 Å². The number of ketones is 1. The SMILES string of the molecule is CCCSc1ccc(C(=O)C(=O)O)[nH]1. The summed E-state index contributed by atoms with van der Waals surface area (Å²) in [5, 5.41) is 9.27. The van der Waals surface area contributed by atoms with Crippen LogP contribution in [0.3, 0.4) is 0 Å². The summed E-state index contributed by atoms with van der Waals surface area (Å²) in [6, 6.07) is 3.21. The number of nitrogens with one attached hydrogen (secondary N) is 1. The first kappa shape index (κ1) is 10.8. The third kappa shape index (κ3) is 2.63. The van der Waals surface area contributed by atoms with Gasteiger partial charge >= 0.3 is 5.97 Å². The molecule has 0 spiro atoms. The van der Waals surface area contributed by atoms with Gasteiger partial charge in [-0.25, -0.2) is 4.79 Å². The Balaban J connectivity index is 2.68. The van der Waals surface area contributed by atoms with Gasteiger partial charge in [-0.05, 0) is 24.3 Å². The second-order valence-electron chi connectivity index (χ2n) is 2.72. The zero-order valence-corrected chi connectivity index (χ0v) is 8.56. The quantitative estimate of drug-likeness (QED) is 0.444. The zero-order valence-electron chi connectivity index (χ0n) is 7.74. The minimum absolute atomic E-state index is 0.135. The molecule has 0 fully saturated rings. The fourth-order valence-electron chi connectivity index (χ4n) is 0.919. The molecule has 0 saturated carbocycles. The minimum Gasteiger partial charge on any atom is -0.475 e. The molecule has 0 atom stereocenters. The number of aliphatic carboxylic acids is 1. The van der Waals surface area contributed by atoms with Crippen LogP contribution in [0.4, 0.5) is 0 Å². The molecule has 0 radical (unpaired) electrons. The molecule has 2 N–H and O–H groups in total. The number of hydrogen-bond acceptors (Lipinski definition) is 3. The maximum absolute atomic E-state index is 11.0. The number of hydrogen-bond donors (Lipinski definition) is 2. The van der Waals surface area contributed by atoms with Crippen LogP contribution in [0.25, 0.3) is 0 Å². The Morgan fingerprint density at radius 3 is 2.79 bits per heavy atom. The van der Waals surface area contributed by atoms with E-state index in [0.717, 1.165) is 17.2 Å². The Kier molecular flexibility index (Phi) is 3.76. The van der Waals surface area contributed by atoms with Gasteiger partial charge in [-0.2, -0.15) is 0 Å². The number of carboxylic acids is 1. The van der Waals surface area contributed by atoms with Crippen LogP contribution in [0.1, 0.15) is 23.8 Å². The smallest absolute Gasteiger partial charge is 0.378 e. The van der Waals surface area contributed by atoms with E-state index in [4.69, 9.17) is 5.11 Å². The van der Waals surface area contributed by atoms with Crippen molar-refractivity contribution in [3.05, 3.63) is 17.8 Å². The average molecular weight is 213 g/mol. The highest BCUT2D eigenvalue weighted by Crippen LogP contribution is 2.17. The fraction of sp³-hybridized carbons (Fsp3) is 0.333. The monoisotopic (exact) mass is 213 g/mol. The molecule has 1 aromatic rings. The first-order valence-electron chi connectivity index (χ1n) is 4.24. The van der Waals surface area contributed by atoms with Gasteiger partial charge in [-0.3, -0.25) is 4.79 Å². The molecular formula is C9H11NO3S. The van der Waals surface area contributed by atoms with Crippen LogP contribution in [0.2, 0.25) is 0 Å². The number of aromatic amines is 1. The second kappa shape index (κ2) is 4.85. The summed E-state index contributed by atoms with van der Waals surface area (Å²) in [4.78, 5) is 24.1. The predicted molar refractivity (Wildman–Crippen MR) is 53.8 cm³/mol. The maximum Gasteiger partial charge on any atom is 0.378 e. The number of rotatable bonds is 5. The van der Waals surface area contributed by atoms with E-state index in [2.05, 4.69) is 11.9 Å². The summed E-state index contributed by atoms with van der Waals surface area (Å²) in [5.41, 5.74) is 0.135. The van der Waals surface area contributed by atoms with Gasteiger partial charge in [-0.1, -0.05) is 6.92 Å². The van der Waals surface area contributed by atoms with Gasteiger partial charge in [0.15, 0.2) is 0 Å². The van der Waals surface area contributed by atoms with E-state index in [1.165, 1.54) is 6.07 Å². The van der Waals surface area contributed by atoms with Crippen LogP contribution in [0.15, 0.2) is 17.2 Å². The number of aromatic nitrogens is 1. The van der Waals surface area contributed by atoms with Crippen molar-refractivity contribution in [1.29, 1.82) is 0 Å². The van der Waals surface area contributed by atoms with Gasteiger partial charge < -0.3 is 10.1 Å². The van der Waals surface area contributed by atoms with Crippen LogP contribution in [0.5, 0.6) is 0 Å². The molecule has 0 aliphatic rings. The number of carboxylic acid groups (broad SMARTS) is 1. The van der Waals surface area contributed by atoms with E-state index < -0.39 is 11.8 Å². The molecule has 4 nitrogen and oxygen atoms in total. The Morgan fingerprint density at radius 2 is 2.21 bits per heavy atom. The van der Waals surface area contributed by atoms with E-state index in [0.29, 0.717) is 0 Å². The van der Waals surface area contributed by atoms with Gasteiger partial charge in [0, 0.05) is 0 Å². The number of H-pyrrole nitrogens is 1. The van der Waals surface area contributed by atoms with Gasteiger partial charge in [0.2, 0.25) is 0 Å². The lowest BCUT2D eigenvalue weighted by atomic mass is 10.3. The topological polar surface area (TPSA) is 70.2 Å². The Hall–Kier alpha value is -1.23. The minimum atomic E-state index is -1.43. The van der Waals surface area contributed by atoms with Crippen molar-refractivity contribution >= 4 is 23.5 Å². The first-order chi connectivity index (χ1) is 6.65. The number of carbonyl (C=O) groups is 2. The van der Waals surface area contributed by atoms with Crippen LogP contribution < -0.4 is 0 Å². The third-order valence-electron chi connectivity index (χ3n) is 1.56. The summed E-state index contributed by atoms with van der Waals surface area (Å²) >= 11 is 1.57. The summed E-state index contributed by atoms with van der Waals surface area (Å²) in [6.45, 7) is 2.05. The van der Waals surface area contributed by atoms with Crippen molar-refractivity contribution in [2.45, 2.75) is 18.4 Å².